The van der Waals surface area contributed by atoms with Gasteiger partial charge in [0.25, 0.3) is 0 Å². The number of H-pyrrole nitrogens is 1. The van der Waals surface area contributed by atoms with Crippen LogP contribution in [0.4, 0.5) is 5.82 Å². The van der Waals surface area contributed by atoms with Crippen LogP contribution in [0, 0.1) is 6.92 Å². The number of amides is 1. The molecule has 0 saturated heterocycles. The first-order chi connectivity index (χ1) is 17.5. The molecule has 8 nitrogen and oxygen atoms in total. The molecule has 2 aromatic carbocycles. The standard InChI is InChI=1S/C28H29N5O3/c1-17-3-11-22(12-4-17)36-23-13-5-19(6-14-23)26(35)24-15-29-27-25(24)28(31-16-30-27)33-21-9-7-20(8-10-21)32-18(2)34/h3-6,11-16,20-21H,7-10H2,1-2H3,(H,32,34)(H2,29,30,31,33)/t20-,21+. The van der Waals surface area contributed by atoms with Crippen LogP contribution in [0.15, 0.2) is 61.1 Å². The number of aromatic nitrogens is 3. The molecular weight excluding hydrogens is 454 g/mol. The first kappa shape index (κ1) is 23.5. The summed E-state index contributed by atoms with van der Waals surface area (Å²) in [5, 5.41) is 7.20. The molecule has 5 rings (SSSR count). The highest BCUT2D eigenvalue weighted by atomic mass is 16.5. The molecule has 1 fully saturated rings. The zero-order valence-corrected chi connectivity index (χ0v) is 20.4. The van der Waals surface area contributed by atoms with Gasteiger partial charge >= 0.3 is 0 Å². The molecule has 0 aliphatic heterocycles. The highest BCUT2D eigenvalue weighted by Gasteiger charge is 2.24. The van der Waals surface area contributed by atoms with Gasteiger partial charge in [0.15, 0.2) is 5.78 Å². The highest BCUT2D eigenvalue weighted by molar-refractivity contribution is 6.18. The van der Waals surface area contributed by atoms with Crippen molar-refractivity contribution in [3.63, 3.8) is 0 Å². The molecule has 1 saturated carbocycles. The predicted molar refractivity (Wildman–Crippen MR) is 138 cm³/mol. The summed E-state index contributed by atoms with van der Waals surface area (Å²) in [7, 11) is 0. The van der Waals surface area contributed by atoms with E-state index in [1.54, 1.807) is 37.4 Å². The number of rotatable bonds is 7. The average Bonchev–Trinajstić information content (AvgIpc) is 3.32. The third-order valence-electron chi connectivity index (χ3n) is 6.56. The van der Waals surface area contributed by atoms with Crippen molar-refractivity contribution in [1.29, 1.82) is 0 Å². The van der Waals surface area contributed by atoms with Gasteiger partial charge in [-0.25, -0.2) is 9.97 Å². The molecule has 0 spiro atoms. The minimum atomic E-state index is -0.115. The van der Waals surface area contributed by atoms with E-state index in [9.17, 15) is 9.59 Å². The van der Waals surface area contributed by atoms with Crippen LogP contribution in [0.5, 0.6) is 11.5 Å². The summed E-state index contributed by atoms with van der Waals surface area (Å²) < 4.78 is 5.89. The van der Waals surface area contributed by atoms with E-state index in [0.29, 0.717) is 33.7 Å². The van der Waals surface area contributed by atoms with Gasteiger partial charge in [0.2, 0.25) is 5.91 Å². The quantitative estimate of drug-likeness (QED) is 0.314. The molecule has 36 heavy (non-hydrogen) atoms. The molecule has 1 amide bonds. The van der Waals surface area contributed by atoms with Gasteiger partial charge in [-0.1, -0.05) is 17.7 Å². The minimum absolute atomic E-state index is 0.00846. The molecule has 1 aliphatic carbocycles. The van der Waals surface area contributed by atoms with Crippen molar-refractivity contribution < 1.29 is 14.3 Å². The Balaban J connectivity index is 1.32. The summed E-state index contributed by atoms with van der Waals surface area (Å²) in [5.74, 6) is 1.95. The van der Waals surface area contributed by atoms with Gasteiger partial charge in [0.1, 0.15) is 29.3 Å². The van der Waals surface area contributed by atoms with E-state index in [1.807, 2.05) is 31.2 Å². The topological polar surface area (TPSA) is 109 Å². The summed E-state index contributed by atoms with van der Waals surface area (Å²) in [6.45, 7) is 3.58. The molecule has 1 aliphatic rings. The first-order valence-electron chi connectivity index (χ1n) is 12.2. The summed E-state index contributed by atoms with van der Waals surface area (Å²) in [6, 6.07) is 15.4. The molecule has 2 heterocycles. The summed E-state index contributed by atoms with van der Waals surface area (Å²) in [5.41, 5.74) is 2.85. The second kappa shape index (κ2) is 10.2. The van der Waals surface area contributed by atoms with Gasteiger partial charge < -0.3 is 20.4 Å². The Morgan fingerprint density at radius 2 is 1.56 bits per heavy atom. The number of carbonyl (C=O) groups excluding carboxylic acids is 2. The normalized spacial score (nSPS) is 17.5. The average molecular weight is 484 g/mol. The molecule has 3 N–H and O–H groups in total. The van der Waals surface area contributed by atoms with Gasteiger partial charge in [0, 0.05) is 30.8 Å². The van der Waals surface area contributed by atoms with E-state index < -0.39 is 0 Å². The lowest BCUT2D eigenvalue weighted by atomic mass is 9.91. The molecule has 4 aromatic rings. The number of benzene rings is 2. The Morgan fingerprint density at radius 3 is 2.22 bits per heavy atom. The molecule has 2 aromatic heterocycles. The van der Waals surface area contributed by atoms with Crippen LogP contribution >= 0.6 is 0 Å². The Bertz CT molecular complexity index is 1370. The molecular formula is C28H29N5O3. The Morgan fingerprint density at radius 1 is 0.917 bits per heavy atom. The fourth-order valence-corrected chi connectivity index (χ4v) is 4.69. The summed E-state index contributed by atoms with van der Waals surface area (Å²) in [4.78, 5) is 36.7. The summed E-state index contributed by atoms with van der Waals surface area (Å²) >= 11 is 0. The van der Waals surface area contributed by atoms with Crippen LogP contribution in [0.25, 0.3) is 11.0 Å². The SMILES string of the molecule is CC(=O)N[C@H]1CC[C@@H](Nc2ncnc3[nH]cc(C(=O)c4ccc(Oc5ccc(C)cc5)cc4)c23)CC1. The van der Waals surface area contributed by atoms with Crippen molar-refractivity contribution in [2.24, 2.45) is 0 Å². The van der Waals surface area contributed by atoms with Crippen LogP contribution in [0.3, 0.4) is 0 Å². The molecule has 184 valence electrons. The maximum atomic E-state index is 13.4. The number of ether oxygens (including phenoxy) is 1. The van der Waals surface area contributed by atoms with Crippen molar-refractivity contribution in [1.82, 2.24) is 20.3 Å². The number of hydrogen-bond acceptors (Lipinski definition) is 6. The number of hydrogen-bond donors (Lipinski definition) is 3. The molecule has 0 radical (unpaired) electrons. The van der Waals surface area contributed by atoms with E-state index >= 15 is 0 Å². The zero-order valence-electron chi connectivity index (χ0n) is 20.4. The lowest BCUT2D eigenvalue weighted by molar-refractivity contribution is -0.119. The van der Waals surface area contributed by atoms with Crippen LogP contribution < -0.4 is 15.4 Å². The van der Waals surface area contributed by atoms with Gasteiger partial charge in [-0.05, 0) is 69.0 Å². The van der Waals surface area contributed by atoms with Crippen LogP contribution in [-0.2, 0) is 4.79 Å². The number of aromatic amines is 1. The predicted octanol–water partition coefficient (Wildman–Crippen LogP) is 5.15. The van der Waals surface area contributed by atoms with E-state index in [2.05, 4.69) is 25.6 Å². The second-order valence-corrected chi connectivity index (χ2v) is 9.31. The molecule has 0 unspecified atom stereocenters. The largest absolute Gasteiger partial charge is 0.457 e. The number of nitrogens with one attached hydrogen (secondary N) is 3. The molecule has 0 bridgehead atoms. The maximum Gasteiger partial charge on any atom is 0.217 e. The molecule has 8 heteroatoms. The first-order valence-corrected chi connectivity index (χ1v) is 12.2. The van der Waals surface area contributed by atoms with E-state index in [1.165, 1.54) is 6.33 Å². The Hall–Kier alpha value is -4.20. The summed E-state index contributed by atoms with van der Waals surface area (Å²) in [6.07, 6.45) is 6.81. The van der Waals surface area contributed by atoms with Crippen molar-refractivity contribution in [3.8, 4) is 11.5 Å². The van der Waals surface area contributed by atoms with Crippen molar-refractivity contribution in [2.75, 3.05) is 5.32 Å². The monoisotopic (exact) mass is 483 g/mol. The smallest absolute Gasteiger partial charge is 0.217 e. The lowest BCUT2D eigenvalue weighted by Gasteiger charge is -2.29. The van der Waals surface area contributed by atoms with Gasteiger partial charge in [-0.15, -0.1) is 0 Å². The number of anilines is 1. The Kier molecular flexibility index (Phi) is 6.66. The maximum absolute atomic E-state index is 13.4. The van der Waals surface area contributed by atoms with Crippen LogP contribution in [-0.4, -0.2) is 38.7 Å². The number of carbonyl (C=O) groups is 2. The van der Waals surface area contributed by atoms with Gasteiger partial charge in [0.05, 0.1) is 10.9 Å². The van der Waals surface area contributed by atoms with Crippen LogP contribution in [0.2, 0.25) is 0 Å². The molecule has 0 atom stereocenters. The Labute approximate surface area is 209 Å². The van der Waals surface area contributed by atoms with Gasteiger partial charge in [-0.3, -0.25) is 9.59 Å². The van der Waals surface area contributed by atoms with E-state index in [0.717, 1.165) is 37.0 Å². The van der Waals surface area contributed by atoms with E-state index in [4.69, 9.17) is 4.74 Å². The fraction of sp³-hybridized carbons (Fsp3) is 0.286. The van der Waals surface area contributed by atoms with Crippen molar-refractivity contribution in [2.45, 2.75) is 51.6 Å². The number of aryl methyl sites for hydroxylation is 1. The fourth-order valence-electron chi connectivity index (χ4n) is 4.69. The lowest BCUT2D eigenvalue weighted by Crippen LogP contribution is -2.39. The zero-order chi connectivity index (χ0) is 25.1. The third kappa shape index (κ3) is 5.22. The third-order valence-corrected chi connectivity index (χ3v) is 6.56. The second-order valence-electron chi connectivity index (χ2n) is 9.31. The van der Waals surface area contributed by atoms with E-state index in [-0.39, 0.29) is 23.8 Å². The number of fused-ring (bicyclic) bond motifs is 1. The van der Waals surface area contributed by atoms with Crippen molar-refractivity contribution >= 4 is 28.5 Å². The van der Waals surface area contributed by atoms with Crippen LogP contribution in [0.1, 0.15) is 54.1 Å². The highest BCUT2D eigenvalue weighted by Crippen LogP contribution is 2.29. The number of nitrogens with zero attached hydrogens (tertiary/aromatic N) is 2. The van der Waals surface area contributed by atoms with Crippen molar-refractivity contribution in [3.05, 3.63) is 77.7 Å². The minimum Gasteiger partial charge on any atom is -0.457 e. The number of ketones is 1. The van der Waals surface area contributed by atoms with Gasteiger partial charge in [-0.2, -0.15) is 0 Å².